The van der Waals surface area contributed by atoms with E-state index in [0.717, 1.165) is 5.39 Å². The van der Waals surface area contributed by atoms with Gasteiger partial charge in [0.1, 0.15) is 4.88 Å². The van der Waals surface area contributed by atoms with Gasteiger partial charge >= 0.3 is 5.97 Å². The second kappa shape index (κ2) is 4.94. The highest BCUT2D eigenvalue weighted by atomic mass is 32.1. The van der Waals surface area contributed by atoms with Gasteiger partial charge in [0.25, 0.3) is 5.56 Å². The summed E-state index contributed by atoms with van der Waals surface area (Å²) >= 11 is 1.17. The normalized spacial score (nSPS) is 10.8. The van der Waals surface area contributed by atoms with E-state index in [-0.39, 0.29) is 17.0 Å². The summed E-state index contributed by atoms with van der Waals surface area (Å²) in [7, 11) is 0. The molecule has 0 aliphatic rings. The second-order valence-electron chi connectivity index (χ2n) is 4.42. The number of hydrogen-bond donors (Lipinski definition) is 1. The number of aromatic carboxylic acids is 1. The number of hydrogen-bond acceptors (Lipinski definition) is 3. The van der Waals surface area contributed by atoms with Gasteiger partial charge in [-0.3, -0.25) is 4.79 Å². The van der Waals surface area contributed by atoms with Crippen LogP contribution >= 0.6 is 11.3 Å². The van der Waals surface area contributed by atoms with Gasteiger partial charge in [-0.15, -0.1) is 11.3 Å². The standard InChI is InChI=1S/C15H11NO3S/c17-14-12-4-2-1-3-10(12)5-7-16(14)9-11-6-8-20-13(11)15(18)19/h1-8H,9H2,(H,18,19). The summed E-state index contributed by atoms with van der Waals surface area (Å²) in [5.41, 5.74) is 0.547. The molecule has 0 aliphatic heterocycles. The molecule has 3 aromatic rings. The summed E-state index contributed by atoms with van der Waals surface area (Å²) < 4.78 is 1.54. The van der Waals surface area contributed by atoms with Crippen molar-refractivity contribution in [2.24, 2.45) is 0 Å². The Labute approximate surface area is 118 Å². The molecule has 0 unspecified atom stereocenters. The van der Waals surface area contributed by atoms with Crippen molar-refractivity contribution < 1.29 is 9.90 Å². The zero-order chi connectivity index (χ0) is 14.1. The zero-order valence-electron chi connectivity index (χ0n) is 10.4. The van der Waals surface area contributed by atoms with Gasteiger partial charge in [-0.25, -0.2) is 4.79 Å². The first kappa shape index (κ1) is 12.6. The molecule has 2 aromatic heterocycles. The maximum Gasteiger partial charge on any atom is 0.346 e. The number of fused-ring (bicyclic) bond motifs is 1. The Bertz CT molecular complexity index is 847. The molecule has 1 aromatic carbocycles. The van der Waals surface area contributed by atoms with E-state index in [2.05, 4.69) is 0 Å². The lowest BCUT2D eigenvalue weighted by Gasteiger charge is -2.07. The van der Waals surface area contributed by atoms with Crippen LogP contribution < -0.4 is 5.56 Å². The highest BCUT2D eigenvalue weighted by molar-refractivity contribution is 7.12. The quantitative estimate of drug-likeness (QED) is 0.805. The van der Waals surface area contributed by atoms with Crippen molar-refractivity contribution in [1.82, 2.24) is 4.57 Å². The zero-order valence-corrected chi connectivity index (χ0v) is 11.3. The Morgan fingerprint density at radius 3 is 2.80 bits per heavy atom. The van der Waals surface area contributed by atoms with Crippen molar-refractivity contribution in [2.45, 2.75) is 6.54 Å². The van der Waals surface area contributed by atoms with Crippen LogP contribution in [0.5, 0.6) is 0 Å². The number of carbonyl (C=O) groups is 1. The van der Waals surface area contributed by atoms with E-state index in [4.69, 9.17) is 5.11 Å². The number of thiophene rings is 1. The molecule has 0 fully saturated rings. The van der Waals surface area contributed by atoms with Crippen molar-refractivity contribution >= 4 is 28.1 Å². The lowest BCUT2D eigenvalue weighted by atomic mass is 10.1. The van der Waals surface area contributed by atoms with E-state index in [1.54, 1.807) is 23.7 Å². The van der Waals surface area contributed by atoms with Gasteiger partial charge in [-0.2, -0.15) is 0 Å². The molecule has 0 aliphatic carbocycles. The summed E-state index contributed by atoms with van der Waals surface area (Å²) in [5.74, 6) is -0.955. The van der Waals surface area contributed by atoms with Crippen LogP contribution in [0, 0.1) is 0 Å². The lowest BCUT2D eigenvalue weighted by molar-refractivity contribution is 0.0701. The van der Waals surface area contributed by atoms with Gasteiger partial charge in [-0.05, 0) is 34.5 Å². The van der Waals surface area contributed by atoms with Gasteiger partial charge < -0.3 is 9.67 Å². The number of benzene rings is 1. The molecule has 1 N–H and O–H groups in total. The SMILES string of the molecule is O=C(O)c1sccc1Cn1ccc2ccccc2c1=O. The van der Waals surface area contributed by atoms with E-state index < -0.39 is 5.97 Å². The first-order chi connectivity index (χ1) is 9.66. The van der Waals surface area contributed by atoms with Gasteiger partial charge in [-0.1, -0.05) is 18.2 Å². The van der Waals surface area contributed by atoms with Gasteiger partial charge in [0.15, 0.2) is 0 Å². The van der Waals surface area contributed by atoms with Crippen molar-refractivity contribution in [3.63, 3.8) is 0 Å². The fourth-order valence-electron chi connectivity index (χ4n) is 2.19. The summed E-state index contributed by atoms with van der Waals surface area (Å²) in [5, 5.41) is 12.4. The van der Waals surface area contributed by atoms with E-state index in [0.29, 0.717) is 10.9 Å². The third kappa shape index (κ3) is 2.12. The third-order valence-electron chi connectivity index (χ3n) is 3.17. The average molecular weight is 285 g/mol. The highest BCUT2D eigenvalue weighted by Gasteiger charge is 2.12. The Morgan fingerprint density at radius 2 is 2.00 bits per heavy atom. The smallest absolute Gasteiger partial charge is 0.346 e. The van der Waals surface area contributed by atoms with Crippen LogP contribution in [0.15, 0.2) is 52.8 Å². The van der Waals surface area contributed by atoms with E-state index in [9.17, 15) is 9.59 Å². The van der Waals surface area contributed by atoms with Crippen LogP contribution in [0.25, 0.3) is 10.8 Å². The summed E-state index contributed by atoms with van der Waals surface area (Å²) in [4.78, 5) is 23.7. The molecule has 0 bridgehead atoms. The summed E-state index contributed by atoms with van der Waals surface area (Å²) in [6.45, 7) is 0.273. The monoisotopic (exact) mass is 285 g/mol. The molecular weight excluding hydrogens is 274 g/mol. The second-order valence-corrected chi connectivity index (χ2v) is 5.33. The van der Waals surface area contributed by atoms with Crippen LogP contribution in [0.3, 0.4) is 0 Å². The predicted octanol–water partition coefficient (Wildman–Crippen LogP) is 2.81. The van der Waals surface area contributed by atoms with Gasteiger partial charge in [0, 0.05) is 11.6 Å². The fourth-order valence-corrected chi connectivity index (χ4v) is 2.94. The molecule has 5 heteroatoms. The number of carboxylic acids is 1. The molecule has 3 rings (SSSR count). The number of rotatable bonds is 3. The summed E-state index contributed by atoms with van der Waals surface area (Å²) in [6, 6.07) is 11.0. The third-order valence-corrected chi connectivity index (χ3v) is 4.11. The largest absolute Gasteiger partial charge is 0.477 e. The number of pyridine rings is 1. The molecule has 2 heterocycles. The minimum atomic E-state index is -0.955. The summed E-state index contributed by atoms with van der Waals surface area (Å²) in [6.07, 6.45) is 1.70. The maximum absolute atomic E-state index is 12.4. The minimum absolute atomic E-state index is 0.106. The molecule has 0 saturated carbocycles. The molecule has 0 atom stereocenters. The van der Waals surface area contributed by atoms with E-state index in [1.807, 2.05) is 24.3 Å². The van der Waals surface area contributed by atoms with E-state index >= 15 is 0 Å². The fraction of sp³-hybridized carbons (Fsp3) is 0.0667. The van der Waals surface area contributed by atoms with Gasteiger partial charge in [0.2, 0.25) is 0 Å². The molecule has 4 nitrogen and oxygen atoms in total. The van der Waals surface area contributed by atoms with Crippen LogP contribution in [0.2, 0.25) is 0 Å². The molecule has 0 radical (unpaired) electrons. The Hall–Kier alpha value is -2.40. The number of nitrogens with zero attached hydrogens (tertiary/aromatic N) is 1. The molecule has 0 spiro atoms. The van der Waals surface area contributed by atoms with Crippen LogP contribution in [0.4, 0.5) is 0 Å². The van der Waals surface area contributed by atoms with Crippen molar-refractivity contribution in [1.29, 1.82) is 0 Å². The number of carboxylic acid groups (broad SMARTS) is 1. The lowest BCUT2D eigenvalue weighted by Crippen LogP contribution is -2.20. The first-order valence-corrected chi connectivity index (χ1v) is 6.92. The first-order valence-electron chi connectivity index (χ1n) is 6.04. The predicted molar refractivity (Wildman–Crippen MR) is 78.6 cm³/mol. The average Bonchev–Trinajstić information content (AvgIpc) is 2.91. The van der Waals surface area contributed by atoms with Gasteiger partial charge in [0.05, 0.1) is 6.54 Å². The van der Waals surface area contributed by atoms with Crippen LogP contribution in [0.1, 0.15) is 15.2 Å². The topological polar surface area (TPSA) is 59.3 Å². The number of aromatic nitrogens is 1. The minimum Gasteiger partial charge on any atom is -0.477 e. The van der Waals surface area contributed by atoms with Crippen LogP contribution in [-0.4, -0.2) is 15.6 Å². The Morgan fingerprint density at radius 1 is 1.20 bits per heavy atom. The molecule has 0 saturated heterocycles. The molecular formula is C15H11NO3S. The highest BCUT2D eigenvalue weighted by Crippen LogP contribution is 2.18. The molecule has 0 amide bonds. The van der Waals surface area contributed by atoms with E-state index in [1.165, 1.54) is 15.9 Å². The van der Waals surface area contributed by atoms with Crippen molar-refractivity contribution in [3.05, 3.63) is 68.8 Å². The van der Waals surface area contributed by atoms with Crippen molar-refractivity contribution in [3.8, 4) is 0 Å². The van der Waals surface area contributed by atoms with Crippen molar-refractivity contribution in [2.75, 3.05) is 0 Å². The molecule has 100 valence electrons. The Kier molecular flexibility index (Phi) is 3.12. The molecule has 20 heavy (non-hydrogen) atoms. The maximum atomic E-state index is 12.4. The Balaban J connectivity index is 2.07. The van der Waals surface area contributed by atoms with Crippen LogP contribution in [-0.2, 0) is 6.54 Å².